The van der Waals surface area contributed by atoms with Gasteiger partial charge in [0, 0.05) is 51.8 Å². The van der Waals surface area contributed by atoms with Gasteiger partial charge in [-0.15, -0.1) is 0 Å². The quantitative estimate of drug-likeness (QED) is 0.330. The first-order valence-corrected chi connectivity index (χ1v) is 15.3. The van der Waals surface area contributed by atoms with Gasteiger partial charge in [-0.3, -0.25) is 19.2 Å². The molecular weight excluding hydrogens is 572 g/mol. The summed E-state index contributed by atoms with van der Waals surface area (Å²) in [6, 6.07) is 0. The number of rotatable bonds is 11. The van der Waals surface area contributed by atoms with E-state index in [0.717, 1.165) is 66.8 Å². The largest absolute Gasteiger partial charge is 0.469 e. The number of aliphatic imine (C=N–C) groups is 1. The maximum atomic E-state index is 12.5. The Kier molecular flexibility index (Phi) is 10.3. The third kappa shape index (κ3) is 6.84. The average molecular weight is 615 g/mol. The van der Waals surface area contributed by atoms with Crippen LogP contribution in [0, 0.1) is 13.8 Å². The Hall–Kier alpha value is -4.73. The predicted molar refractivity (Wildman–Crippen MR) is 174 cm³/mol. The molecule has 4 heterocycles. The summed E-state index contributed by atoms with van der Waals surface area (Å²) in [6.07, 6.45) is 8.28. The van der Waals surface area contributed by atoms with E-state index >= 15 is 0 Å². The fourth-order valence-corrected chi connectivity index (χ4v) is 5.95. The van der Waals surface area contributed by atoms with Gasteiger partial charge in [0.25, 0.3) is 11.8 Å². The monoisotopic (exact) mass is 614 g/mol. The summed E-state index contributed by atoms with van der Waals surface area (Å²) in [6.45, 7) is 11.7. The number of aromatic amines is 2. The van der Waals surface area contributed by atoms with Crippen molar-refractivity contribution in [1.29, 1.82) is 0 Å². The molecule has 10 nitrogen and oxygen atoms in total. The van der Waals surface area contributed by atoms with Gasteiger partial charge in [-0.25, -0.2) is 4.99 Å². The van der Waals surface area contributed by atoms with Crippen LogP contribution in [-0.2, 0) is 41.5 Å². The lowest BCUT2D eigenvalue weighted by Gasteiger charge is -2.04. The lowest BCUT2D eigenvalue weighted by atomic mass is 10.0. The highest BCUT2D eigenvalue weighted by atomic mass is 16.5. The zero-order valence-corrected chi connectivity index (χ0v) is 27.4. The molecule has 0 radical (unpaired) electrons. The van der Waals surface area contributed by atoms with Gasteiger partial charge in [-0.05, 0) is 105 Å². The molecule has 4 rings (SSSR count). The second-order valence-electron chi connectivity index (χ2n) is 11.3. The molecule has 10 heteroatoms. The van der Waals surface area contributed by atoms with Crippen molar-refractivity contribution in [2.24, 2.45) is 4.99 Å². The molecule has 238 valence electrons. The number of H-pyrrole nitrogens is 2. The Morgan fingerprint density at radius 1 is 0.733 bits per heavy atom. The molecule has 0 saturated heterocycles. The molecule has 2 amide bonds. The zero-order valence-electron chi connectivity index (χ0n) is 27.4. The minimum Gasteiger partial charge on any atom is -0.469 e. The zero-order chi connectivity index (χ0) is 33.0. The number of esters is 2. The first kappa shape index (κ1) is 33.2. The van der Waals surface area contributed by atoms with Crippen molar-refractivity contribution >= 4 is 47.7 Å². The number of hydrogen-bond acceptors (Lipinski definition) is 6. The molecule has 0 unspecified atom stereocenters. The fraction of sp³-hybridized carbons (Fsp3) is 0.400. The number of carbonyl (C=O) groups excluding carboxylic acids is 4. The van der Waals surface area contributed by atoms with Crippen molar-refractivity contribution in [3.63, 3.8) is 0 Å². The van der Waals surface area contributed by atoms with Crippen LogP contribution < -0.4 is 16.0 Å². The molecular formula is C35H42N4O6. The Balaban J connectivity index is 1.90. The summed E-state index contributed by atoms with van der Waals surface area (Å²) in [4.78, 5) is 60.5. The molecule has 45 heavy (non-hydrogen) atoms. The molecule has 0 fully saturated rings. The van der Waals surface area contributed by atoms with Gasteiger partial charge < -0.3 is 24.8 Å². The van der Waals surface area contributed by atoms with Crippen LogP contribution in [0.1, 0.15) is 87.0 Å². The van der Waals surface area contributed by atoms with Crippen LogP contribution in [0.2, 0.25) is 0 Å². The van der Waals surface area contributed by atoms with Crippen LogP contribution in [-0.4, -0.2) is 53.7 Å². The van der Waals surface area contributed by atoms with Crippen molar-refractivity contribution < 1.29 is 28.7 Å². The molecule has 0 saturated carbocycles. The number of nitrogens with zero attached hydrogens (tertiary/aromatic N) is 1. The molecule has 0 aliphatic carbocycles. The summed E-state index contributed by atoms with van der Waals surface area (Å²) in [5.74, 6) is -0.935. The van der Waals surface area contributed by atoms with E-state index in [2.05, 4.69) is 20.3 Å². The maximum Gasteiger partial charge on any atom is 0.305 e. The number of nitrogens with one attached hydrogen (secondary N) is 3. The smallest absolute Gasteiger partial charge is 0.305 e. The highest BCUT2D eigenvalue weighted by molar-refractivity contribution is 6.30. The van der Waals surface area contributed by atoms with Gasteiger partial charge in [-0.2, -0.15) is 0 Å². The molecule has 0 atom stereocenters. The SMILES string of the molecule is CCC1=C(C)C(/C=c2/[nH]/c(=C\c3[nH]c(/C=C4\NC(=O)C(CC)=C4C)c(C)c3CCC(=O)OC)c(CCC(=O)OC)c2C)=NC1=O. The lowest BCUT2D eigenvalue weighted by molar-refractivity contribution is -0.141. The normalized spacial score (nSPS) is 16.8. The van der Waals surface area contributed by atoms with E-state index in [-0.39, 0.29) is 36.6 Å². The van der Waals surface area contributed by atoms with Gasteiger partial charge in [0.05, 0.1) is 19.9 Å². The third-order valence-electron chi connectivity index (χ3n) is 8.78. The Morgan fingerprint density at radius 3 is 1.91 bits per heavy atom. The Labute approximate surface area is 263 Å². The third-order valence-corrected chi connectivity index (χ3v) is 8.78. The maximum absolute atomic E-state index is 12.5. The van der Waals surface area contributed by atoms with E-state index < -0.39 is 0 Å². The van der Waals surface area contributed by atoms with E-state index in [1.54, 1.807) is 0 Å². The van der Waals surface area contributed by atoms with Crippen LogP contribution in [0.3, 0.4) is 0 Å². The van der Waals surface area contributed by atoms with Crippen molar-refractivity contribution in [3.05, 3.63) is 72.3 Å². The number of hydrogen-bond donors (Lipinski definition) is 3. The van der Waals surface area contributed by atoms with E-state index in [1.165, 1.54) is 14.2 Å². The number of aromatic nitrogens is 2. The van der Waals surface area contributed by atoms with E-state index in [1.807, 2.05) is 59.8 Å². The molecule has 0 spiro atoms. The van der Waals surface area contributed by atoms with Crippen LogP contribution in [0.5, 0.6) is 0 Å². The summed E-state index contributed by atoms with van der Waals surface area (Å²) >= 11 is 0. The molecule has 2 aliphatic heterocycles. The topological polar surface area (TPSA) is 143 Å². The number of ether oxygens (including phenoxy) is 2. The summed E-state index contributed by atoms with van der Waals surface area (Å²) in [5.41, 5.74) is 9.92. The van der Waals surface area contributed by atoms with Gasteiger partial charge in [-0.1, -0.05) is 13.8 Å². The van der Waals surface area contributed by atoms with Crippen molar-refractivity contribution in [1.82, 2.24) is 15.3 Å². The van der Waals surface area contributed by atoms with Gasteiger partial charge in [0.2, 0.25) is 0 Å². The van der Waals surface area contributed by atoms with Gasteiger partial charge in [0.15, 0.2) is 0 Å². The number of carbonyl (C=O) groups is 4. The number of allylic oxidation sites excluding steroid dienone is 2. The molecule has 0 aromatic carbocycles. The highest BCUT2D eigenvalue weighted by Gasteiger charge is 2.24. The average Bonchev–Trinajstić information content (AvgIpc) is 3.66. The van der Waals surface area contributed by atoms with Crippen molar-refractivity contribution in [3.8, 4) is 0 Å². The first-order chi connectivity index (χ1) is 21.4. The van der Waals surface area contributed by atoms with Crippen molar-refractivity contribution in [2.45, 2.75) is 80.1 Å². The van der Waals surface area contributed by atoms with Crippen LogP contribution in [0.25, 0.3) is 18.2 Å². The standard InChI is InChI=1S/C35H42N4O6/c1-9-22-18(3)28(38-34(22)42)15-26-20(5)24(11-13-32(40)44-7)30(36-26)17-31-25(12-14-33(41)45-8)21(6)27(37-31)16-29-19(4)23(10-2)35(43)39-29/h15-17,36-37H,9-14H2,1-8H3,(H,38,42)/b27-16+,28-15-,31-17-. The minimum absolute atomic E-state index is 0.0891. The van der Waals surface area contributed by atoms with E-state index in [4.69, 9.17) is 9.47 Å². The lowest BCUT2D eigenvalue weighted by Crippen LogP contribution is -2.16. The second kappa shape index (κ2) is 13.9. The molecule has 2 aliphatic rings. The number of amides is 2. The van der Waals surface area contributed by atoms with Crippen LogP contribution >= 0.6 is 0 Å². The first-order valence-electron chi connectivity index (χ1n) is 15.3. The second-order valence-corrected chi connectivity index (χ2v) is 11.3. The summed E-state index contributed by atoms with van der Waals surface area (Å²) < 4.78 is 9.83. The summed E-state index contributed by atoms with van der Waals surface area (Å²) in [7, 11) is 2.74. The molecule has 3 N–H and O–H groups in total. The predicted octanol–water partition coefficient (Wildman–Crippen LogP) is 3.69. The van der Waals surface area contributed by atoms with Gasteiger partial charge in [0.1, 0.15) is 0 Å². The van der Waals surface area contributed by atoms with E-state index in [0.29, 0.717) is 37.0 Å². The fourth-order valence-electron chi connectivity index (χ4n) is 5.95. The molecule has 0 bridgehead atoms. The Morgan fingerprint density at radius 2 is 1.36 bits per heavy atom. The van der Waals surface area contributed by atoms with Crippen molar-refractivity contribution in [2.75, 3.05) is 14.2 Å². The molecule has 2 aromatic rings. The Bertz CT molecular complexity index is 1830. The van der Waals surface area contributed by atoms with E-state index in [9.17, 15) is 19.2 Å². The minimum atomic E-state index is -0.318. The number of methoxy groups -OCH3 is 2. The molecule has 2 aromatic heterocycles. The van der Waals surface area contributed by atoms with Crippen LogP contribution in [0.15, 0.2) is 33.0 Å². The highest BCUT2D eigenvalue weighted by Crippen LogP contribution is 2.28. The van der Waals surface area contributed by atoms with Crippen LogP contribution in [0.4, 0.5) is 0 Å². The van der Waals surface area contributed by atoms with Gasteiger partial charge >= 0.3 is 11.9 Å². The summed E-state index contributed by atoms with van der Waals surface area (Å²) in [5, 5.41) is 4.54.